The number of aromatic nitrogens is 3. The van der Waals surface area contributed by atoms with Crippen molar-refractivity contribution >= 4 is 11.3 Å². The molecule has 2 aromatic rings. The first-order valence-corrected chi connectivity index (χ1v) is 7.75. The average molecular weight is 285 g/mol. The number of fused-ring (bicyclic) bond motifs is 1. The molecule has 0 radical (unpaired) electrons. The van der Waals surface area contributed by atoms with Crippen molar-refractivity contribution in [3.8, 4) is 0 Å². The monoisotopic (exact) mass is 285 g/mol. The highest BCUT2D eigenvalue weighted by Gasteiger charge is 2.51. The molecule has 112 valence electrons. The maximum absolute atomic E-state index is 6.46. The van der Waals surface area contributed by atoms with E-state index in [0.29, 0.717) is 0 Å². The summed E-state index contributed by atoms with van der Waals surface area (Å²) in [6, 6.07) is 2.16. The maximum Gasteiger partial charge on any atom is 0.154 e. The van der Waals surface area contributed by atoms with Crippen molar-refractivity contribution in [2.45, 2.75) is 44.6 Å². The standard InChI is InChI=1S/C16H23N5/c1-15(2,3)13-8-12-14(18-6-7-21(12)19-13)20-9-16(17,10-20)11-4-5-11/h6-8,11H,4-5,9-10,17H2,1-3H3. The van der Waals surface area contributed by atoms with E-state index in [-0.39, 0.29) is 11.0 Å². The van der Waals surface area contributed by atoms with Gasteiger partial charge in [-0.05, 0) is 24.8 Å². The smallest absolute Gasteiger partial charge is 0.154 e. The summed E-state index contributed by atoms with van der Waals surface area (Å²) in [7, 11) is 0. The van der Waals surface area contributed by atoms with Crippen LogP contribution in [-0.2, 0) is 5.41 Å². The Morgan fingerprint density at radius 1 is 1.29 bits per heavy atom. The fourth-order valence-electron chi connectivity index (χ4n) is 3.25. The highest BCUT2D eigenvalue weighted by Crippen LogP contribution is 2.44. The molecule has 2 N–H and O–H groups in total. The Kier molecular flexibility index (Phi) is 2.47. The molecule has 1 aliphatic heterocycles. The lowest BCUT2D eigenvalue weighted by Crippen LogP contribution is -2.69. The summed E-state index contributed by atoms with van der Waals surface area (Å²) in [4.78, 5) is 6.87. The lowest BCUT2D eigenvalue weighted by molar-refractivity contribution is 0.289. The normalized spacial score (nSPS) is 21.6. The minimum absolute atomic E-state index is 0.0153. The van der Waals surface area contributed by atoms with Crippen LogP contribution in [0, 0.1) is 5.92 Å². The summed E-state index contributed by atoms with van der Waals surface area (Å²) >= 11 is 0. The zero-order valence-corrected chi connectivity index (χ0v) is 13.0. The maximum atomic E-state index is 6.46. The number of nitrogens with zero attached hydrogens (tertiary/aromatic N) is 4. The molecular formula is C16H23N5. The van der Waals surface area contributed by atoms with Crippen LogP contribution in [0.2, 0.25) is 0 Å². The van der Waals surface area contributed by atoms with E-state index in [1.54, 1.807) is 0 Å². The second kappa shape index (κ2) is 3.97. The Morgan fingerprint density at radius 3 is 2.62 bits per heavy atom. The van der Waals surface area contributed by atoms with Gasteiger partial charge >= 0.3 is 0 Å². The molecule has 0 spiro atoms. The van der Waals surface area contributed by atoms with Crippen molar-refractivity contribution < 1.29 is 0 Å². The first-order chi connectivity index (χ1) is 9.87. The molecule has 0 unspecified atom stereocenters. The lowest BCUT2D eigenvalue weighted by atomic mass is 9.85. The number of rotatable bonds is 2. The van der Waals surface area contributed by atoms with E-state index >= 15 is 0 Å². The number of hydrogen-bond donors (Lipinski definition) is 1. The molecule has 0 aromatic carbocycles. The molecule has 0 bridgehead atoms. The lowest BCUT2D eigenvalue weighted by Gasteiger charge is -2.49. The highest BCUT2D eigenvalue weighted by atomic mass is 15.3. The van der Waals surface area contributed by atoms with E-state index in [1.165, 1.54) is 12.8 Å². The molecule has 4 rings (SSSR count). The molecule has 0 atom stereocenters. The zero-order chi connectivity index (χ0) is 14.8. The first kappa shape index (κ1) is 13.1. The minimum Gasteiger partial charge on any atom is -0.351 e. The largest absolute Gasteiger partial charge is 0.351 e. The van der Waals surface area contributed by atoms with Crippen LogP contribution in [0.5, 0.6) is 0 Å². The van der Waals surface area contributed by atoms with Crippen LogP contribution in [0.15, 0.2) is 18.5 Å². The predicted octanol–water partition coefficient (Wildman–Crippen LogP) is 1.95. The molecule has 5 nitrogen and oxygen atoms in total. The van der Waals surface area contributed by atoms with Crippen molar-refractivity contribution in [1.82, 2.24) is 14.6 Å². The quantitative estimate of drug-likeness (QED) is 0.916. The Hall–Kier alpha value is -1.62. The van der Waals surface area contributed by atoms with Crippen molar-refractivity contribution in [2.24, 2.45) is 11.7 Å². The molecule has 5 heteroatoms. The summed E-state index contributed by atoms with van der Waals surface area (Å²) in [5.41, 5.74) is 8.70. The van der Waals surface area contributed by atoms with Crippen molar-refractivity contribution in [2.75, 3.05) is 18.0 Å². The summed E-state index contributed by atoms with van der Waals surface area (Å²) in [6.45, 7) is 8.39. The van der Waals surface area contributed by atoms with Crippen molar-refractivity contribution in [3.63, 3.8) is 0 Å². The molecule has 2 aromatic heterocycles. The second-order valence-corrected chi connectivity index (χ2v) is 7.72. The average Bonchev–Trinajstić information content (AvgIpc) is 3.12. The number of nitrogens with two attached hydrogens (primary N) is 1. The van der Waals surface area contributed by atoms with E-state index in [9.17, 15) is 0 Å². The summed E-state index contributed by atoms with van der Waals surface area (Å²) < 4.78 is 1.94. The van der Waals surface area contributed by atoms with Gasteiger partial charge in [-0.1, -0.05) is 20.8 Å². The molecule has 1 saturated carbocycles. The molecule has 2 fully saturated rings. The van der Waals surface area contributed by atoms with Gasteiger partial charge in [0.25, 0.3) is 0 Å². The Morgan fingerprint density at radius 2 is 2.00 bits per heavy atom. The molecule has 0 amide bonds. The summed E-state index contributed by atoms with van der Waals surface area (Å²) in [5, 5.41) is 4.69. The van der Waals surface area contributed by atoms with Gasteiger partial charge in [-0.15, -0.1) is 0 Å². The van der Waals surface area contributed by atoms with Crippen molar-refractivity contribution in [3.05, 3.63) is 24.2 Å². The summed E-state index contributed by atoms with van der Waals surface area (Å²) in [6.07, 6.45) is 6.34. The van der Waals surface area contributed by atoms with Crippen molar-refractivity contribution in [1.29, 1.82) is 0 Å². The van der Waals surface area contributed by atoms with E-state index in [2.05, 4.69) is 41.8 Å². The molecule has 1 saturated heterocycles. The summed E-state index contributed by atoms with van der Waals surface area (Å²) in [5.74, 6) is 1.74. The third-order valence-electron chi connectivity index (χ3n) is 4.80. The Labute approximate surface area is 125 Å². The Bertz CT molecular complexity index is 686. The second-order valence-electron chi connectivity index (χ2n) is 7.72. The van der Waals surface area contributed by atoms with Crippen LogP contribution in [0.1, 0.15) is 39.3 Å². The number of hydrogen-bond acceptors (Lipinski definition) is 4. The van der Waals surface area contributed by atoms with Gasteiger partial charge in [-0.2, -0.15) is 5.10 Å². The highest BCUT2D eigenvalue weighted by molar-refractivity contribution is 5.71. The molecule has 1 aliphatic carbocycles. The fraction of sp³-hybridized carbons (Fsp3) is 0.625. The van der Waals surface area contributed by atoms with Crippen LogP contribution in [-0.4, -0.2) is 33.2 Å². The van der Waals surface area contributed by atoms with Crippen LogP contribution in [0.4, 0.5) is 5.82 Å². The SMILES string of the molecule is CC(C)(C)c1cc2c(N3CC(N)(C4CC4)C3)nccn2n1. The Balaban J connectivity index is 1.68. The van der Waals surface area contributed by atoms with Gasteiger partial charge in [-0.25, -0.2) is 9.50 Å². The van der Waals surface area contributed by atoms with Gasteiger partial charge in [0, 0.05) is 30.9 Å². The molecule has 2 aliphatic rings. The predicted molar refractivity (Wildman–Crippen MR) is 83.5 cm³/mol. The van der Waals surface area contributed by atoms with E-state index in [1.807, 2.05) is 16.9 Å². The van der Waals surface area contributed by atoms with Gasteiger partial charge in [0.15, 0.2) is 5.82 Å². The molecule has 3 heterocycles. The van der Waals surface area contributed by atoms with Crippen LogP contribution in [0.3, 0.4) is 0 Å². The van der Waals surface area contributed by atoms with E-state index < -0.39 is 0 Å². The fourth-order valence-corrected chi connectivity index (χ4v) is 3.25. The van der Waals surface area contributed by atoms with Gasteiger partial charge in [-0.3, -0.25) is 0 Å². The first-order valence-electron chi connectivity index (χ1n) is 7.75. The number of anilines is 1. The van der Waals surface area contributed by atoms with Gasteiger partial charge in [0.05, 0.1) is 11.2 Å². The van der Waals surface area contributed by atoms with Crippen LogP contribution in [0.25, 0.3) is 5.52 Å². The van der Waals surface area contributed by atoms with Crippen LogP contribution < -0.4 is 10.6 Å². The van der Waals surface area contributed by atoms with Gasteiger partial charge in [0.1, 0.15) is 5.52 Å². The van der Waals surface area contributed by atoms with Gasteiger partial charge < -0.3 is 10.6 Å². The minimum atomic E-state index is 0.0153. The molecule has 21 heavy (non-hydrogen) atoms. The third-order valence-corrected chi connectivity index (χ3v) is 4.80. The molecular weight excluding hydrogens is 262 g/mol. The van der Waals surface area contributed by atoms with E-state index in [0.717, 1.165) is 36.0 Å². The van der Waals surface area contributed by atoms with E-state index in [4.69, 9.17) is 5.73 Å². The van der Waals surface area contributed by atoms with Crippen LogP contribution >= 0.6 is 0 Å². The third kappa shape index (κ3) is 2.02. The zero-order valence-electron chi connectivity index (χ0n) is 13.0. The van der Waals surface area contributed by atoms with Gasteiger partial charge in [0.2, 0.25) is 0 Å². The topological polar surface area (TPSA) is 59.5 Å².